The molecule has 3 aromatic carbocycles. The molecule has 0 bridgehead atoms. The van der Waals surface area contributed by atoms with Crippen LogP contribution in [0, 0.1) is 5.82 Å². The third-order valence-corrected chi connectivity index (χ3v) is 6.65. The smallest absolute Gasteiger partial charge is 0.233 e. The predicted octanol–water partition coefficient (Wildman–Crippen LogP) is 4.66. The highest BCUT2D eigenvalue weighted by atomic mass is 32.2. The van der Waals surface area contributed by atoms with Crippen molar-refractivity contribution in [1.82, 2.24) is 20.1 Å². The van der Waals surface area contributed by atoms with Gasteiger partial charge in [0.25, 0.3) is 0 Å². The summed E-state index contributed by atoms with van der Waals surface area (Å²) in [6.45, 7) is 2.82. The maximum absolute atomic E-state index is 14.6. The van der Waals surface area contributed by atoms with Gasteiger partial charge in [0, 0.05) is 6.54 Å². The molecule has 4 aromatic rings. The molecule has 0 radical (unpaired) electrons. The number of hydrogen-bond donors (Lipinski definition) is 1. The lowest BCUT2D eigenvalue weighted by molar-refractivity contribution is -0.120. The van der Waals surface area contributed by atoms with E-state index in [1.807, 2.05) is 60.0 Å². The number of nitrogens with zero attached hydrogens (tertiary/aromatic N) is 3. The lowest BCUT2D eigenvalue weighted by atomic mass is 10.2. The molecule has 1 aliphatic rings. The van der Waals surface area contributed by atoms with Crippen molar-refractivity contribution in [3.05, 3.63) is 89.7 Å². The Morgan fingerprint density at radius 2 is 1.80 bits per heavy atom. The number of nitrogens with one attached hydrogen (secondary N) is 1. The fourth-order valence-electron chi connectivity index (χ4n) is 3.72. The molecule has 0 saturated carbocycles. The third-order valence-electron chi connectivity index (χ3n) is 5.57. The van der Waals surface area contributed by atoms with Crippen LogP contribution in [0.2, 0.25) is 0 Å². The number of carbonyl (C=O) groups excluding carboxylic acids is 1. The van der Waals surface area contributed by atoms with Crippen molar-refractivity contribution < 1.29 is 18.7 Å². The lowest BCUT2D eigenvalue weighted by Crippen LogP contribution is -2.30. The van der Waals surface area contributed by atoms with Crippen LogP contribution in [0.3, 0.4) is 0 Å². The van der Waals surface area contributed by atoms with Gasteiger partial charge in [0.05, 0.1) is 17.4 Å². The first kappa shape index (κ1) is 22.9. The maximum Gasteiger partial charge on any atom is 0.233 e. The van der Waals surface area contributed by atoms with E-state index < -0.39 is 5.25 Å². The quantitative estimate of drug-likeness (QED) is 0.362. The molecule has 1 aromatic heterocycles. The molecule has 5 rings (SSSR count). The molecule has 0 unspecified atom stereocenters. The first-order valence-electron chi connectivity index (χ1n) is 11.1. The van der Waals surface area contributed by atoms with E-state index in [0.717, 1.165) is 11.1 Å². The molecule has 0 spiro atoms. The van der Waals surface area contributed by atoms with Crippen molar-refractivity contribution in [1.29, 1.82) is 0 Å². The van der Waals surface area contributed by atoms with E-state index in [1.165, 1.54) is 17.8 Å². The predicted molar refractivity (Wildman–Crippen MR) is 131 cm³/mol. The topological polar surface area (TPSA) is 78.3 Å². The summed E-state index contributed by atoms with van der Waals surface area (Å²) in [7, 11) is 0. The molecule has 7 nitrogen and oxygen atoms in total. The normalized spacial score (nSPS) is 13.0. The molecule has 1 N–H and O–H groups in total. The number of halogens is 1. The molecule has 2 heterocycles. The molecule has 0 fully saturated rings. The molecule has 1 amide bonds. The highest BCUT2D eigenvalue weighted by Gasteiger charge is 2.22. The number of thioether (sulfide) groups is 1. The number of fused-ring (bicyclic) bond motifs is 1. The summed E-state index contributed by atoms with van der Waals surface area (Å²) in [5.74, 6) is 1.28. The van der Waals surface area contributed by atoms with Crippen LogP contribution in [-0.2, 0) is 17.9 Å². The minimum Gasteiger partial charge on any atom is -0.454 e. The van der Waals surface area contributed by atoms with E-state index in [2.05, 4.69) is 15.5 Å². The number of hydrogen-bond acceptors (Lipinski definition) is 6. The van der Waals surface area contributed by atoms with E-state index in [1.54, 1.807) is 18.2 Å². The summed E-state index contributed by atoms with van der Waals surface area (Å²) in [5.41, 5.74) is 2.29. The summed E-state index contributed by atoms with van der Waals surface area (Å²) in [4.78, 5) is 12.8. The van der Waals surface area contributed by atoms with Crippen molar-refractivity contribution in [2.24, 2.45) is 0 Å². The van der Waals surface area contributed by atoms with E-state index >= 15 is 0 Å². The largest absolute Gasteiger partial charge is 0.454 e. The van der Waals surface area contributed by atoms with Crippen LogP contribution < -0.4 is 14.8 Å². The zero-order chi connectivity index (χ0) is 24.2. The van der Waals surface area contributed by atoms with Gasteiger partial charge >= 0.3 is 0 Å². The van der Waals surface area contributed by atoms with Gasteiger partial charge in [-0.2, -0.15) is 0 Å². The van der Waals surface area contributed by atoms with Crippen LogP contribution in [-0.4, -0.2) is 32.7 Å². The van der Waals surface area contributed by atoms with Crippen LogP contribution in [0.15, 0.2) is 78.0 Å². The minimum atomic E-state index is -0.448. The van der Waals surface area contributed by atoms with Crippen LogP contribution in [0.25, 0.3) is 11.4 Å². The Morgan fingerprint density at radius 1 is 1.03 bits per heavy atom. The number of ether oxygens (including phenoxy) is 2. The van der Waals surface area contributed by atoms with Gasteiger partial charge in [-0.15, -0.1) is 10.2 Å². The van der Waals surface area contributed by atoms with Gasteiger partial charge in [-0.25, -0.2) is 4.39 Å². The summed E-state index contributed by atoms with van der Waals surface area (Å²) < 4.78 is 27.1. The van der Waals surface area contributed by atoms with Crippen LogP contribution >= 0.6 is 11.8 Å². The molecule has 35 heavy (non-hydrogen) atoms. The first-order valence-corrected chi connectivity index (χ1v) is 12.0. The lowest BCUT2D eigenvalue weighted by Gasteiger charge is -2.14. The van der Waals surface area contributed by atoms with Gasteiger partial charge in [-0.1, -0.05) is 60.3 Å². The number of amides is 1. The van der Waals surface area contributed by atoms with Gasteiger partial charge in [0.1, 0.15) is 5.82 Å². The minimum absolute atomic E-state index is 0.144. The van der Waals surface area contributed by atoms with Crippen LogP contribution in [0.4, 0.5) is 4.39 Å². The van der Waals surface area contributed by atoms with E-state index in [9.17, 15) is 9.18 Å². The van der Waals surface area contributed by atoms with Gasteiger partial charge in [0.2, 0.25) is 12.7 Å². The molecule has 1 aliphatic heterocycles. The Balaban J connectivity index is 1.33. The number of benzene rings is 3. The van der Waals surface area contributed by atoms with E-state index in [-0.39, 0.29) is 18.5 Å². The fraction of sp³-hybridized carbons (Fsp3) is 0.192. The second-order valence-corrected chi connectivity index (χ2v) is 9.33. The van der Waals surface area contributed by atoms with Crippen molar-refractivity contribution in [3.63, 3.8) is 0 Å². The SMILES string of the molecule is C[C@@H](Sc1nnc(-c2ccccc2F)n1Cc1ccccc1)C(=O)NCc1ccc2c(c1)OCO2. The Labute approximate surface area is 206 Å². The molecule has 9 heteroatoms. The second-order valence-electron chi connectivity index (χ2n) is 8.02. The Kier molecular flexibility index (Phi) is 6.67. The third kappa shape index (κ3) is 5.14. The zero-order valence-electron chi connectivity index (χ0n) is 19.0. The standard InChI is InChI=1S/C26H23FN4O3S/c1-17(25(32)28-14-19-11-12-22-23(13-19)34-16-33-22)35-26-30-29-24(20-9-5-6-10-21(20)27)31(26)15-18-7-3-2-4-8-18/h2-13,17H,14-16H2,1H3,(H,28,32)/t17-/m1/s1. The summed E-state index contributed by atoms with van der Waals surface area (Å²) in [5, 5.41) is 11.6. The molecule has 1 atom stereocenters. The average molecular weight is 491 g/mol. The van der Waals surface area contributed by atoms with Crippen LogP contribution in [0.1, 0.15) is 18.1 Å². The second kappa shape index (κ2) is 10.2. The number of aromatic nitrogens is 3. The van der Waals surface area contributed by atoms with Crippen molar-refractivity contribution in [2.75, 3.05) is 6.79 Å². The summed E-state index contributed by atoms with van der Waals surface area (Å²) >= 11 is 1.28. The highest BCUT2D eigenvalue weighted by molar-refractivity contribution is 8.00. The molecule has 178 valence electrons. The molecular formula is C26H23FN4O3S. The van der Waals surface area contributed by atoms with Gasteiger partial charge in [-0.05, 0) is 42.3 Å². The molecule has 0 aliphatic carbocycles. The Hall–Kier alpha value is -3.85. The average Bonchev–Trinajstić information content (AvgIpc) is 3.50. The Bertz CT molecular complexity index is 1350. The van der Waals surface area contributed by atoms with Crippen molar-refractivity contribution >= 4 is 17.7 Å². The molecular weight excluding hydrogens is 467 g/mol. The summed E-state index contributed by atoms with van der Waals surface area (Å²) in [6.07, 6.45) is 0. The van der Waals surface area contributed by atoms with Crippen molar-refractivity contribution in [3.8, 4) is 22.9 Å². The molecule has 0 saturated heterocycles. The van der Waals surface area contributed by atoms with E-state index in [0.29, 0.717) is 41.1 Å². The van der Waals surface area contributed by atoms with Gasteiger partial charge < -0.3 is 14.8 Å². The Morgan fingerprint density at radius 3 is 2.63 bits per heavy atom. The van der Waals surface area contributed by atoms with Gasteiger partial charge in [0.15, 0.2) is 22.5 Å². The van der Waals surface area contributed by atoms with Crippen LogP contribution in [0.5, 0.6) is 11.5 Å². The fourth-order valence-corrected chi connectivity index (χ4v) is 4.59. The highest BCUT2D eigenvalue weighted by Crippen LogP contribution is 2.33. The maximum atomic E-state index is 14.6. The first-order chi connectivity index (χ1) is 17.1. The van der Waals surface area contributed by atoms with E-state index in [4.69, 9.17) is 9.47 Å². The zero-order valence-corrected chi connectivity index (χ0v) is 19.8. The van der Waals surface area contributed by atoms with Gasteiger partial charge in [-0.3, -0.25) is 9.36 Å². The summed E-state index contributed by atoms with van der Waals surface area (Å²) in [6, 6.07) is 21.9. The number of carbonyl (C=O) groups is 1. The monoisotopic (exact) mass is 490 g/mol. The number of rotatable bonds is 8. The van der Waals surface area contributed by atoms with Crippen molar-refractivity contribution in [2.45, 2.75) is 30.4 Å².